The van der Waals surface area contributed by atoms with E-state index in [0.717, 1.165) is 22.9 Å². The van der Waals surface area contributed by atoms with Crippen molar-refractivity contribution >= 4 is 23.2 Å². The Hall–Kier alpha value is 0.423. The van der Waals surface area contributed by atoms with Gasteiger partial charge in [0.15, 0.2) is 0 Å². The quantitative estimate of drug-likeness (QED) is 0.593. The third-order valence-electron chi connectivity index (χ3n) is 3.94. The molecule has 0 nitrogen and oxygen atoms in total. The van der Waals surface area contributed by atoms with Crippen LogP contribution in [-0.4, -0.2) is 0 Å². The standard InChI is InChI=1S/C15H18Cl2.Zr/c1-9-11(5-7-13(9)16)15(3,4)12-6-8-14(17)10(12)2;/h5-6H,7-8H2,1-4H3;. The fourth-order valence-corrected chi connectivity index (χ4v) is 3.24. The molecule has 0 heterocycles. The van der Waals surface area contributed by atoms with E-state index in [4.69, 9.17) is 23.2 Å². The summed E-state index contributed by atoms with van der Waals surface area (Å²) < 4.78 is 0. The van der Waals surface area contributed by atoms with Gasteiger partial charge in [-0.1, -0.05) is 49.2 Å². The van der Waals surface area contributed by atoms with Crippen molar-refractivity contribution in [3.8, 4) is 0 Å². The predicted octanol–water partition coefficient (Wildman–Crippen LogP) is 5.70. The number of rotatable bonds is 2. The van der Waals surface area contributed by atoms with E-state index in [1.165, 1.54) is 22.3 Å². The van der Waals surface area contributed by atoms with E-state index < -0.39 is 0 Å². The molecule has 0 fully saturated rings. The van der Waals surface area contributed by atoms with E-state index in [1.807, 2.05) is 0 Å². The Morgan fingerprint density at radius 3 is 1.44 bits per heavy atom. The van der Waals surface area contributed by atoms with Crippen molar-refractivity contribution in [3.05, 3.63) is 44.5 Å². The predicted molar refractivity (Wildman–Crippen MR) is 76.3 cm³/mol. The van der Waals surface area contributed by atoms with Gasteiger partial charge < -0.3 is 0 Å². The van der Waals surface area contributed by atoms with Gasteiger partial charge in [0.1, 0.15) is 0 Å². The molecule has 0 spiro atoms. The van der Waals surface area contributed by atoms with Gasteiger partial charge in [0.05, 0.1) is 0 Å². The number of allylic oxidation sites excluding steroid dienone is 8. The monoisotopic (exact) mass is 358 g/mol. The van der Waals surface area contributed by atoms with Crippen molar-refractivity contribution in [2.45, 2.75) is 40.5 Å². The Morgan fingerprint density at radius 2 is 1.22 bits per heavy atom. The van der Waals surface area contributed by atoms with Crippen molar-refractivity contribution in [1.29, 1.82) is 0 Å². The second-order valence-corrected chi connectivity index (χ2v) is 6.24. The van der Waals surface area contributed by atoms with E-state index in [-0.39, 0.29) is 31.6 Å². The molecule has 0 amide bonds. The maximum absolute atomic E-state index is 6.21. The van der Waals surface area contributed by atoms with Crippen LogP contribution in [0.2, 0.25) is 0 Å². The van der Waals surface area contributed by atoms with Crippen LogP contribution >= 0.6 is 23.2 Å². The first-order chi connectivity index (χ1) is 7.85. The Bertz CT molecular complexity index is 447. The van der Waals surface area contributed by atoms with Gasteiger partial charge >= 0.3 is 0 Å². The molecule has 0 atom stereocenters. The van der Waals surface area contributed by atoms with Crippen LogP contribution < -0.4 is 0 Å². The van der Waals surface area contributed by atoms with E-state index in [0.29, 0.717) is 0 Å². The summed E-state index contributed by atoms with van der Waals surface area (Å²) in [6.45, 7) is 8.73. The van der Waals surface area contributed by atoms with Gasteiger partial charge in [0.2, 0.25) is 0 Å². The Kier molecular flexibility index (Phi) is 5.32. The molecular formula is C15H18Cl2Zr. The normalized spacial score (nSPS) is 20.1. The van der Waals surface area contributed by atoms with E-state index in [1.54, 1.807) is 0 Å². The fourth-order valence-electron chi connectivity index (χ4n) is 2.88. The molecule has 0 aromatic rings. The zero-order chi connectivity index (χ0) is 12.8. The second kappa shape index (κ2) is 5.82. The van der Waals surface area contributed by atoms with Crippen molar-refractivity contribution in [2.75, 3.05) is 0 Å². The maximum Gasteiger partial charge on any atom is 0.0250 e. The van der Waals surface area contributed by atoms with Crippen molar-refractivity contribution < 1.29 is 26.2 Å². The molecule has 0 saturated heterocycles. The summed E-state index contributed by atoms with van der Waals surface area (Å²) in [5.41, 5.74) is 5.15. The summed E-state index contributed by atoms with van der Waals surface area (Å²) in [5.74, 6) is 0. The minimum Gasteiger partial charge on any atom is -0.0885 e. The minimum absolute atomic E-state index is 0. The summed E-state index contributed by atoms with van der Waals surface area (Å²) in [7, 11) is 0. The fraction of sp³-hybridized carbons (Fsp3) is 0.467. The smallest absolute Gasteiger partial charge is 0.0250 e. The third-order valence-corrected chi connectivity index (χ3v) is 4.81. The van der Waals surface area contributed by atoms with Crippen LogP contribution in [0.15, 0.2) is 44.5 Å². The van der Waals surface area contributed by atoms with Crippen LogP contribution in [0.3, 0.4) is 0 Å². The van der Waals surface area contributed by atoms with Gasteiger partial charge in [0, 0.05) is 54.5 Å². The Morgan fingerprint density at radius 1 is 0.889 bits per heavy atom. The average molecular weight is 360 g/mol. The molecule has 0 N–H and O–H groups in total. The molecule has 0 bridgehead atoms. The van der Waals surface area contributed by atoms with E-state index in [9.17, 15) is 0 Å². The van der Waals surface area contributed by atoms with Crippen LogP contribution in [0.5, 0.6) is 0 Å². The van der Waals surface area contributed by atoms with E-state index >= 15 is 0 Å². The largest absolute Gasteiger partial charge is 0.0885 e. The van der Waals surface area contributed by atoms with Gasteiger partial charge in [-0.3, -0.25) is 0 Å². The Labute approximate surface area is 139 Å². The van der Waals surface area contributed by atoms with Crippen molar-refractivity contribution in [3.63, 3.8) is 0 Å². The second-order valence-electron chi connectivity index (χ2n) is 5.33. The topological polar surface area (TPSA) is 0 Å². The summed E-state index contributed by atoms with van der Waals surface area (Å²) >= 11 is 12.4. The molecule has 2 aliphatic rings. The summed E-state index contributed by atoms with van der Waals surface area (Å²) in [6.07, 6.45) is 6.24. The van der Waals surface area contributed by atoms with Crippen molar-refractivity contribution in [1.82, 2.24) is 0 Å². The van der Waals surface area contributed by atoms with E-state index in [2.05, 4.69) is 39.8 Å². The average Bonchev–Trinajstić information content (AvgIpc) is 2.75. The number of hydrogen-bond acceptors (Lipinski definition) is 0. The third kappa shape index (κ3) is 2.65. The summed E-state index contributed by atoms with van der Waals surface area (Å²) in [4.78, 5) is 0. The van der Waals surface area contributed by atoms with Crippen LogP contribution in [-0.2, 0) is 26.2 Å². The van der Waals surface area contributed by atoms with Crippen LogP contribution in [0.4, 0.5) is 0 Å². The molecular weight excluding hydrogens is 342 g/mol. The SMILES string of the molecule is CC1=C(Cl)CC=C1C(C)(C)C1=CCC(Cl)=C1C.[Zr]. The molecule has 0 aromatic heterocycles. The molecule has 0 saturated carbocycles. The molecule has 96 valence electrons. The van der Waals surface area contributed by atoms with Gasteiger partial charge in [0.25, 0.3) is 0 Å². The van der Waals surface area contributed by atoms with Crippen molar-refractivity contribution in [2.24, 2.45) is 5.41 Å². The Balaban J connectivity index is 0.00000162. The van der Waals surface area contributed by atoms with Crippen LogP contribution in [0.1, 0.15) is 40.5 Å². The summed E-state index contributed by atoms with van der Waals surface area (Å²) in [6, 6.07) is 0. The first-order valence-electron chi connectivity index (χ1n) is 5.98. The molecule has 2 rings (SSSR count). The number of halogens is 2. The van der Waals surface area contributed by atoms with Gasteiger partial charge in [-0.05, 0) is 36.1 Å². The van der Waals surface area contributed by atoms with Gasteiger partial charge in [-0.2, -0.15) is 0 Å². The zero-order valence-electron chi connectivity index (χ0n) is 11.3. The first-order valence-corrected chi connectivity index (χ1v) is 6.73. The van der Waals surface area contributed by atoms with Gasteiger partial charge in [-0.15, -0.1) is 0 Å². The summed E-state index contributed by atoms with van der Waals surface area (Å²) in [5, 5.41) is 1.94. The molecule has 2 aliphatic carbocycles. The van der Waals surface area contributed by atoms with Gasteiger partial charge in [-0.25, -0.2) is 0 Å². The maximum atomic E-state index is 6.21. The molecule has 0 aromatic carbocycles. The molecule has 0 aliphatic heterocycles. The van der Waals surface area contributed by atoms with Crippen LogP contribution in [0.25, 0.3) is 0 Å². The molecule has 18 heavy (non-hydrogen) atoms. The zero-order valence-corrected chi connectivity index (χ0v) is 15.3. The minimum atomic E-state index is 0. The molecule has 0 radical (unpaired) electrons. The number of hydrogen-bond donors (Lipinski definition) is 0. The van der Waals surface area contributed by atoms with Crippen LogP contribution in [0, 0.1) is 5.41 Å². The molecule has 0 unspecified atom stereocenters. The first kappa shape index (κ1) is 16.5. The molecule has 3 heteroatoms.